The summed E-state index contributed by atoms with van der Waals surface area (Å²) < 4.78 is 0. The van der Waals surface area contributed by atoms with Crippen LogP contribution in [0.5, 0.6) is 0 Å². The van der Waals surface area contributed by atoms with E-state index >= 15 is 0 Å². The van der Waals surface area contributed by atoms with E-state index in [4.69, 9.17) is 5.26 Å². The van der Waals surface area contributed by atoms with Gasteiger partial charge < -0.3 is 5.32 Å². The molecule has 0 fully saturated rings. The molecule has 3 heteroatoms. The van der Waals surface area contributed by atoms with E-state index < -0.39 is 0 Å². The lowest BCUT2D eigenvalue weighted by molar-refractivity contribution is -0.120. The molecule has 0 aliphatic carbocycles. The Balaban J connectivity index is 3.03. The zero-order valence-electron chi connectivity index (χ0n) is 16.8. The molecule has 0 heterocycles. The number of hydrogen-bond donors (Lipinski definition) is 1. The number of carbonyl (C=O) groups excluding carboxylic acids is 1. The van der Waals surface area contributed by atoms with Crippen LogP contribution in [0.3, 0.4) is 0 Å². The molecule has 0 atom stereocenters. The smallest absolute Gasteiger partial charge is 0.234 e. The van der Waals surface area contributed by atoms with Crippen LogP contribution in [0.4, 0.5) is 0 Å². The first kappa shape index (κ1) is 24.0. The third-order valence-corrected chi connectivity index (χ3v) is 4.84. The molecule has 0 aliphatic rings. The first-order chi connectivity index (χ1) is 12.3. The molecule has 0 aromatic heterocycles. The molecule has 0 unspecified atom stereocenters. The zero-order valence-corrected chi connectivity index (χ0v) is 16.8. The first-order valence-corrected chi connectivity index (χ1v) is 10.9. The Hall–Kier alpha value is -1.04. The monoisotopic (exact) mass is 350 g/mol. The topological polar surface area (TPSA) is 52.9 Å². The maximum Gasteiger partial charge on any atom is 0.234 e. The Morgan fingerprint density at radius 1 is 0.680 bits per heavy atom. The normalized spacial score (nSPS) is 10.6. The standard InChI is InChI=1S/C22H42N2O/c1-2-3-4-5-6-7-8-9-10-11-12-13-14-15-16-17-18-21-24-22(25)19-20-23/h2-19,21H2,1H3,(H,24,25). The van der Waals surface area contributed by atoms with Crippen molar-refractivity contribution < 1.29 is 4.79 Å². The maximum atomic E-state index is 11.1. The molecule has 1 amide bonds. The highest BCUT2D eigenvalue weighted by atomic mass is 16.1. The third kappa shape index (κ3) is 20.9. The van der Waals surface area contributed by atoms with Gasteiger partial charge in [-0.3, -0.25) is 4.79 Å². The van der Waals surface area contributed by atoms with E-state index in [9.17, 15) is 4.79 Å². The van der Waals surface area contributed by atoms with Crippen LogP contribution >= 0.6 is 0 Å². The Morgan fingerprint density at radius 3 is 1.40 bits per heavy atom. The van der Waals surface area contributed by atoms with Crippen molar-refractivity contribution in [3.8, 4) is 6.07 Å². The first-order valence-electron chi connectivity index (χ1n) is 10.9. The molecule has 0 aromatic rings. The predicted molar refractivity (Wildman–Crippen MR) is 107 cm³/mol. The summed E-state index contributed by atoms with van der Waals surface area (Å²) in [7, 11) is 0. The minimum Gasteiger partial charge on any atom is -0.355 e. The van der Waals surface area contributed by atoms with Crippen LogP contribution < -0.4 is 5.32 Å². The van der Waals surface area contributed by atoms with Crippen molar-refractivity contribution in [2.75, 3.05) is 6.54 Å². The number of nitrogens with one attached hydrogen (secondary N) is 1. The molecule has 0 bridgehead atoms. The lowest BCUT2D eigenvalue weighted by Crippen LogP contribution is -2.23. The summed E-state index contributed by atoms with van der Waals surface area (Å²) in [5.74, 6) is -0.140. The second-order valence-electron chi connectivity index (χ2n) is 7.34. The molecule has 0 spiro atoms. The molecule has 0 rings (SSSR count). The number of carbonyl (C=O) groups is 1. The minimum absolute atomic E-state index is 0.0149. The highest BCUT2D eigenvalue weighted by molar-refractivity contribution is 5.77. The van der Waals surface area contributed by atoms with Crippen LogP contribution in [0.15, 0.2) is 0 Å². The van der Waals surface area contributed by atoms with Crippen molar-refractivity contribution in [1.82, 2.24) is 5.32 Å². The van der Waals surface area contributed by atoms with Gasteiger partial charge in [-0.05, 0) is 6.42 Å². The lowest BCUT2D eigenvalue weighted by atomic mass is 10.0. The summed E-state index contributed by atoms with van der Waals surface area (Å²) >= 11 is 0. The number of nitrogens with zero attached hydrogens (tertiary/aromatic N) is 1. The van der Waals surface area contributed by atoms with Crippen molar-refractivity contribution in [1.29, 1.82) is 5.26 Å². The summed E-state index contributed by atoms with van der Waals surface area (Å²) in [5, 5.41) is 11.2. The molecule has 0 saturated heterocycles. The fourth-order valence-electron chi connectivity index (χ4n) is 3.21. The quantitative estimate of drug-likeness (QED) is 0.264. The Kier molecular flexibility index (Phi) is 20.1. The average molecular weight is 351 g/mol. The van der Waals surface area contributed by atoms with Crippen molar-refractivity contribution in [2.45, 2.75) is 122 Å². The van der Waals surface area contributed by atoms with E-state index in [2.05, 4.69) is 12.2 Å². The van der Waals surface area contributed by atoms with Crippen LogP contribution in [0.25, 0.3) is 0 Å². The van der Waals surface area contributed by atoms with E-state index in [0.717, 1.165) is 13.0 Å². The molecule has 0 aromatic carbocycles. The second kappa shape index (κ2) is 21.0. The summed E-state index contributed by atoms with van der Waals surface area (Å²) in [6, 6.07) is 1.86. The highest BCUT2D eigenvalue weighted by Crippen LogP contribution is 2.13. The van der Waals surface area contributed by atoms with E-state index in [-0.39, 0.29) is 12.3 Å². The molecule has 3 nitrogen and oxygen atoms in total. The van der Waals surface area contributed by atoms with Crippen molar-refractivity contribution in [2.24, 2.45) is 0 Å². The van der Waals surface area contributed by atoms with Crippen molar-refractivity contribution >= 4 is 5.91 Å². The van der Waals surface area contributed by atoms with Crippen LogP contribution in [0.2, 0.25) is 0 Å². The van der Waals surface area contributed by atoms with Gasteiger partial charge in [-0.1, -0.05) is 110 Å². The van der Waals surface area contributed by atoms with E-state index in [1.165, 1.54) is 103 Å². The molecule has 0 saturated carbocycles. The fourth-order valence-corrected chi connectivity index (χ4v) is 3.21. The van der Waals surface area contributed by atoms with Crippen LogP contribution in [-0.2, 0) is 4.79 Å². The van der Waals surface area contributed by atoms with Gasteiger partial charge in [0.1, 0.15) is 6.42 Å². The van der Waals surface area contributed by atoms with Crippen LogP contribution in [0.1, 0.15) is 122 Å². The van der Waals surface area contributed by atoms with E-state index in [1.807, 2.05) is 6.07 Å². The average Bonchev–Trinajstić information content (AvgIpc) is 2.61. The molecule has 146 valence electrons. The van der Waals surface area contributed by atoms with E-state index in [1.54, 1.807) is 0 Å². The van der Waals surface area contributed by atoms with E-state index in [0.29, 0.717) is 0 Å². The zero-order chi connectivity index (χ0) is 18.4. The van der Waals surface area contributed by atoms with Gasteiger partial charge in [-0.25, -0.2) is 0 Å². The van der Waals surface area contributed by atoms with Gasteiger partial charge in [0.2, 0.25) is 5.91 Å². The minimum atomic E-state index is -0.140. The number of hydrogen-bond acceptors (Lipinski definition) is 2. The van der Waals surface area contributed by atoms with Crippen molar-refractivity contribution in [3.05, 3.63) is 0 Å². The maximum absolute atomic E-state index is 11.1. The second-order valence-corrected chi connectivity index (χ2v) is 7.34. The molecular formula is C22H42N2O. The summed E-state index contributed by atoms with van der Waals surface area (Å²) in [6.07, 6.45) is 23.2. The molecule has 0 aliphatic heterocycles. The third-order valence-electron chi connectivity index (χ3n) is 4.84. The van der Waals surface area contributed by atoms with Gasteiger partial charge in [-0.2, -0.15) is 5.26 Å². The summed E-state index contributed by atoms with van der Waals surface area (Å²) in [5.41, 5.74) is 0. The van der Waals surface area contributed by atoms with Gasteiger partial charge in [0, 0.05) is 6.54 Å². The number of nitriles is 1. The molecule has 25 heavy (non-hydrogen) atoms. The SMILES string of the molecule is CCCCCCCCCCCCCCCCCCCNC(=O)CC#N. The molecule has 1 N–H and O–H groups in total. The van der Waals surface area contributed by atoms with Crippen LogP contribution in [-0.4, -0.2) is 12.5 Å². The Bertz CT molecular complexity index is 322. The summed E-state index contributed by atoms with van der Waals surface area (Å²) in [4.78, 5) is 11.1. The van der Waals surface area contributed by atoms with Gasteiger partial charge in [0.05, 0.1) is 6.07 Å². The molecular weight excluding hydrogens is 308 g/mol. The van der Waals surface area contributed by atoms with Gasteiger partial charge in [-0.15, -0.1) is 0 Å². The fraction of sp³-hybridized carbons (Fsp3) is 0.909. The highest BCUT2D eigenvalue weighted by Gasteiger charge is 1.98. The van der Waals surface area contributed by atoms with Crippen LogP contribution in [0, 0.1) is 11.3 Å². The van der Waals surface area contributed by atoms with Gasteiger partial charge in [0.15, 0.2) is 0 Å². The van der Waals surface area contributed by atoms with Gasteiger partial charge >= 0.3 is 0 Å². The number of amides is 1. The van der Waals surface area contributed by atoms with Crippen molar-refractivity contribution in [3.63, 3.8) is 0 Å². The van der Waals surface area contributed by atoms with Gasteiger partial charge in [0.25, 0.3) is 0 Å². The number of unbranched alkanes of at least 4 members (excludes halogenated alkanes) is 16. The number of rotatable bonds is 19. The Morgan fingerprint density at radius 2 is 1.04 bits per heavy atom. The molecule has 0 radical (unpaired) electrons. The lowest BCUT2D eigenvalue weighted by Gasteiger charge is -2.04. The summed E-state index contributed by atoms with van der Waals surface area (Å²) in [6.45, 7) is 3.00. The predicted octanol–water partition coefficient (Wildman–Crippen LogP) is 6.67. The largest absolute Gasteiger partial charge is 0.355 e. The Labute approximate surface area is 157 Å².